The van der Waals surface area contributed by atoms with Crippen molar-refractivity contribution < 1.29 is 0 Å². The third kappa shape index (κ3) is 10.9. The van der Waals surface area contributed by atoms with Crippen molar-refractivity contribution in [2.75, 3.05) is 31.6 Å². The van der Waals surface area contributed by atoms with Gasteiger partial charge in [-0.25, -0.2) is 0 Å². The molecule has 0 fully saturated rings. The van der Waals surface area contributed by atoms with E-state index in [2.05, 4.69) is 66.1 Å². The maximum Gasteiger partial charge on any atom is 0.191 e. The molecule has 0 bridgehead atoms. The number of hydrogen-bond donors (Lipinski definition) is 2. The molecule has 23 heavy (non-hydrogen) atoms. The van der Waals surface area contributed by atoms with Crippen LogP contribution in [-0.2, 0) is 0 Å². The quantitative estimate of drug-likeness (QED) is 0.239. The van der Waals surface area contributed by atoms with Gasteiger partial charge in [-0.15, -0.1) is 24.0 Å². The Morgan fingerprint density at radius 3 is 2.57 bits per heavy atom. The molecule has 0 aliphatic heterocycles. The van der Waals surface area contributed by atoms with Crippen LogP contribution in [0.2, 0.25) is 0 Å². The first-order valence-electron chi connectivity index (χ1n) is 8.34. The zero-order chi connectivity index (χ0) is 16.0. The summed E-state index contributed by atoms with van der Waals surface area (Å²) in [5.41, 5.74) is 1.41. The second-order valence-electron chi connectivity index (χ2n) is 5.49. The third-order valence-corrected chi connectivity index (χ3v) is 4.31. The molecule has 0 amide bonds. The van der Waals surface area contributed by atoms with E-state index in [1.165, 1.54) is 17.7 Å². The van der Waals surface area contributed by atoms with Gasteiger partial charge in [-0.2, -0.15) is 11.8 Å². The molecule has 0 spiro atoms. The highest BCUT2D eigenvalue weighted by Gasteiger charge is 2.05. The fraction of sp³-hybridized carbons (Fsp3) is 0.611. The number of nitrogens with one attached hydrogen (secondary N) is 2. The number of thioether (sulfide) groups is 1. The van der Waals surface area contributed by atoms with E-state index < -0.39 is 0 Å². The molecule has 132 valence electrons. The van der Waals surface area contributed by atoms with E-state index >= 15 is 0 Å². The molecule has 0 saturated heterocycles. The highest BCUT2D eigenvalue weighted by atomic mass is 127. The molecule has 5 heteroatoms. The van der Waals surface area contributed by atoms with Gasteiger partial charge in [0.2, 0.25) is 0 Å². The van der Waals surface area contributed by atoms with Gasteiger partial charge >= 0.3 is 0 Å². The number of benzene rings is 1. The molecule has 1 atom stereocenters. The zero-order valence-electron chi connectivity index (χ0n) is 14.7. The first kappa shape index (κ1) is 22.6. The van der Waals surface area contributed by atoms with Gasteiger partial charge in [0.05, 0.1) is 0 Å². The fourth-order valence-corrected chi connectivity index (χ4v) is 2.74. The average molecular weight is 449 g/mol. The van der Waals surface area contributed by atoms with Crippen molar-refractivity contribution in [3.05, 3.63) is 35.9 Å². The minimum absolute atomic E-state index is 0. The normalized spacial score (nSPS) is 12.4. The summed E-state index contributed by atoms with van der Waals surface area (Å²) in [5, 5.41) is 6.77. The number of aliphatic imine (C=N–C) groups is 1. The molecule has 0 saturated carbocycles. The van der Waals surface area contributed by atoms with Crippen molar-refractivity contribution in [1.29, 1.82) is 0 Å². The van der Waals surface area contributed by atoms with Gasteiger partial charge in [0, 0.05) is 19.6 Å². The van der Waals surface area contributed by atoms with Crippen LogP contribution in [0.4, 0.5) is 0 Å². The van der Waals surface area contributed by atoms with Crippen LogP contribution in [0.3, 0.4) is 0 Å². The summed E-state index contributed by atoms with van der Waals surface area (Å²) in [7, 11) is 0. The first-order chi connectivity index (χ1) is 10.8. The van der Waals surface area contributed by atoms with Crippen LogP contribution in [0.5, 0.6) is 0 Å². The summed E-state index contributed by atoms with van der Waals surface area (Å²) >= 11 is 1.91. The van der Waals surface area contributed by atoms with Gasteiger partial charge in [-0.3, -0.25) is 4.99 Å². The topological polar surface area (TPSA) is 36.4 Å². The lowest BCUT2D eigenvalue weighted by atomic mass is 9.98. The van der Waals surface area contributed by atoms with Crippen LogP contribution < -0.4 is 10.6 Å². The maximum absolute atomic E-state index is 4.64. The Hall–Kier alpha value is -0.430. The predicted molar refractivity (Wildman–Crippen MR) is 116 cm³/mol. The smallest absolute Gasteiger partial charge is 0.191 e. The molecule has 0 radical (unpaired) electrons. The van der Waals surface area contributed by atoms with E-state index in [1.54, 1.807) is 0 Å². The van der Waals surface area contributed by atoms with Crippen LogP contribution in [0.25, 0.3) is 0 Å². The molecule has 1 rings (SSSR count). The molecule has 1 aromatic rings. The Balaban J connectivity index is 0.00000484. The predicted octanol–water partition coefficient (Wildman–Crippen LogP) is 4.50. The molecule has 2 N–H and O–H groups in total. The van der Waals surface area contributed by atoms with E-state index in [1.807, 2.05) is 11.8 Å². The van der Waals surface area contributed by atoms with E-state index in [4.69, 9.17) is 0 Å². The van der Waals surface area contributed by atoms with Crippen LogP contribution in [0.15, 0.2) is 35.3 Å². The molecular formula is C18H32IN3S. The second-order valence-corrected chi connectivity index (χ2v) is 6.47. The van der Waals surface area contributed by atoms with Gasteiger partial charge in [0.1, 0.15) is 0 Å². The number of nitrogens with zero attached hydrogens (tertiary/aromatic N) is 1. The molecule has 1 aromatic carbocycles. The minimum atomic E-state index is 0. The van der Waals surface area contributed by atoms with E-state index in [9.17, 15) is 0 Å². The van der Waals surface area contributed by atoms with E-state index in [0.717, 1.165) is 38.4 Å². The molecule has 0 aliphatic rings. The summed E-state index contributed by atoms with van der Waals surface area (Å²) in [4.78, 5) is 4.64. The summed E-state index contributed by atoms with van der Waals surface area (Å²) < 4.78 is 0. The lowest BCUT2D eigenvalue weighted by Gasteiger charge is -2.15. The van der Waals surface area contributed by atoms with E-state index in [0.29, 0.717) is 5.92 Å². The number of halogens is 1. The van der Waals surface area contributed by atoms with Crippen LogP contribution in [0.1, 0.15) is 44.6 Å². The number of rotatable bonds is 10. The molecule has 0 heterocycles. The Labute approximate surface area is 163 Å². The summed E-state index contributed by atoms with van der Waals surface area (Å²) in [6.07, 6.45) is 5.68. The molecule has 3 nitrogen and oxygen atoms in total. The van der Waals surface area contributed by atoms with Crippen LogP contribution in [-0.4, -0.2) is 37.6 Å². The Morgan fingerprint density at radius 2 is 1.91 bits per heavy atom. The first-order valence-corrected chi connectivity index (χ1v) is 9.73. The summed E-state index contributed by atoms with van der Waals surface area (Å²) in [6, 6.07) is 10.7. The minimum Gasteiger partial charge on any atom is -0.357 e. The Kier molecular flexibility index (Phi) is 14.8. The number of hydrogen-bond acceptors (Lipinski definition) is 2. The average Bonchev–Trinajstić information content (AvgIpc) is 2.55. The highest BCUT2D eigenvalue weighted by Crippen LogP contribution is 2.17. The fourth-order valence-electron chi connectivity index (χ4n) is 2.25. The molecule has 1 unspecified atom stereocenters. The van der Waals surface area contributed by atoms with Crippen molar-refractivity contribution in [1.82, 2.24) is 10.6 Å². The van der Waals surface area contributed by atoms with Crippen molar-refractivity contribution in [2.24, 2.45) is 4.99 Å². The van der Waals surface area contributed by atoms with Crippen LogP contribution in [0, 0.1) is 0 Å². The maximum atomic E-state index is 4.64. The van der Waals surface area contributed by atoms with Gasteiger partial charge in [-0.1, -0.05) is 37.3 Å². The monoisotopic (exact) mass is 449 g/mol. The Bertz CT molecular complexity index is 412. The zero-order valence-corrected chi connectivity index (χ0v) is 17.8. The summed E-state index contributed by atoms with van der Waals surface area (Å²) in [5.74, 6) is 2.75. The van der Waals surface area contributed by atoms with Crippen molar-refractivity contribution in [3.8, 4) is 0 Å². The SMILES string of the molecule is CCNC(=NCCCCSC)NCCC(C)c1ccccc1.I. The molecule has 0 aliphatic carbocycles. The number of guanidine groups is 1. The van der Waals surface area contributed by atoms with Crippen LogP contribution >= 0.6 is 35.7 Å². The van der Waals surface area contributed by atoms with Crippen molar-refractivity contribution >= 4 is 41.7 Å². The third-order valence-electron chi connectivity index (χ3n) is 3.61. The van der Waals surface area contributed by atoms with Gasteiger partial charge in [0.25, 0.3) is 0 Å². The highest BCUT2D eigenvalue weighted by molar-refractivity contribution is 14.0. The standard InChI is InChI=1S/C18H31N3S.HI/c1-4-19-18(20-13-8-9-15-22-3)21-14-12-16(2)17-10-6-5-7-11-17;/h5-7,10-11,16H,4,8-9,12-15H2,1-3H3,(H2,19,20,21);1H. The lowest BCUT2D eigenvalue weighted by molar-refractivity contribution is 0.651. The van der Waals surface area contributed by atoms with Crippen molar-refractivity contribution in [3.63, 3.8) is 0 Å². The van der Waals surface area contributed by atoms with Crippen molar-refractivity contribution in [2.45, 2.75) is 39.0 Å². The molecule has 0 aromatic heterocycles. The van der Waals surface area contributed by atoms with E-state index in [-0.39, 0.29) is 24.0 Å². The Morgan fingerprint density at radius 1 is 1.17 bits per heavy atom. The molecular weight excluding hydrogens is 417 g/mol. The van der Waals surface area contributed by atoms with Gasteiger partial charge in [0.15, 0.2) is 5.96 Å². The number of unbranched alkanes of at least 4 members (excludes halogenated alkanes) is 1. The lowest BCUT2D eigenvalue weighted by Crippen LogP contribution is -2.38. The van der Waals surface area contributed by atoms with Gasteiger partial charge in [-0.05, 0) is 49.7 Å². The largest absolute Gasteiger partial charge is 0.357 e. The van der Waals surface area contributed by atoms with Gasteiger partial charge < -0.3 is 10.6 Å². The summed E-state index contributed by atoms with van der Waals surface area (Å²) in [6.45, 7) is 7.16. The second kappa shape index (κ2) is 15.1.